The number of benzene rings is 1. The molecule has 1 aromatic carbocycles. The molecule has 0 unspecified atom stereocenters. The van der Waals surface area contributed by atoms with Crippen molar-refractivity contribution < 1.29 is 28.8 Å². The zero-order chi connectivity index (χ0) is 32.2. The second-order valence-electron chi connectivity index (χ2n) is 11.2. The molecule has 1 fully saturated rings. The summed E-state index contributed by atoms with van der Waals surface area (Å²) in [5.74, 6) is -3.57. The zero-order valence-electron chi connectivity index (χ0n) is 25.5. The number of amides is 6. The molecule has 3 rings (SSSR count). The number of rotatable bonds is 5. The van der Waals surface area contributed by atoms with Gasteiger partial charge in [0.15, 0.2) is 0 Å². The van der Waals surface area contributed by atoms with Crippen molar-refractivity contribution in [3.63, 3.8) is 0 Å². The second-order valence-corrected chi connectivity index (χ2v) is 11.2. The van der Waals surface area contributed by atoms with Gasteiger partial charge in [-0.2, -0.15) is 0 Å². The third kappa shape index (κ3) is 9.89. The molecule has 0 bridgehead atoms. The van der Waals surface area contributed by atoms with E-state index in [1.165, 1.54) is 31.3 Å². The average Bonchev–Trinajstić information content (AvgIpc) is 3.00. The van der Waals surface area contributed by atoms with E-state index < -0.39 is 59.6 Å². The summed E-state index contributed by atoms with van der Waals surface area (Å²) in [6, 6.07) is 8.16. The first kappa shape index (κ1) is 33.7. The monoisotopic (exact) mass is 607 g/mol. The van der Waals surface area contributed by atoms with Gasteiger partial charge in [0.2, 0.25) is 29.5 Å². The fraction of sp³-hybridized carbons (Fsp3) is 0.452. The molecule has 1 aliphatic rings. The molecule has 0 radical (unpaired) electrons. The van der Waals surface area contributed by atoms with Crippen LogP contribution in [0.4, 0.5) is 0 Å². The Morgan fingerprint density at radius 3 is 2.36 bits per heavy atom. The molecule has 236 valence electrons. The van der Waals surface area contributed by atoms with Gasteiger partial charge in [-0.3, -0.25) is 33.8 Å². The molecule has 4 atom stereocenters. The predicted octanol–water partition coefficient (Wildman–Crippen LogP) is -0.0786. The summed E-state index contributed by atoms with van der Waals surface area (Å²) in [5, 5.41) is 13.5. The number of carbonyl (C=O) groups excluding carboxylic acids is 6. The van der Waals surface area contributed by atoms with Crippen LogP contribution in [0.5, 0.6) is 0 Å². The first-order valence-electron chi connectivity index (χ1n) is 14.6. The molecule has 13 nitrogen and oxygen atoms in total. The van der Waals surface area contributed by atoms with Crippen LogP contribution in [0.25, 0.3) is 0 Å². The average molecular weight is 608 g/mol. The fourth-order valence-electron chi connectivity index (χ4n) is 4.66. The minimum absolute atomic E-state index is 0.150. The molecular formula is C31H41N7O6. The third-order valence-corrected chi connectivity index (χ3v) is 7.19. The van der Waals surface area contributed by atoms with Crippen LogP contribution >= 0.6 is 0 Å². The van der Waals surface area contributed by atoms with E-state index in [9.17, 15) is 28.8 Å². The van der Waals surface area contributed by atoms with Crippen molar-refractivity contribution in [2.75, 3.05) is 20.1 Å². The highest BCUT2D eigenvalue weighted by Crippen LogP contribution is 2.09. The second kappa shape index (κ2) is 16.1. The topological polar surface area (TPSA) is 179 Å². The highest BCUT2D eigenvalue weighted by molar-refractivity contribution is 5.99. The van der Waals surface area contributed by atoms with Crippen molar-refractivity contribution in [2.24, 2.45) is 5.92 Å². The quantitative estimate of drug-likeness (QED) is 0.316. The van der Waals surface area contributed by atoms with E-state index >= 15 is 0 Å². The molecule has 6 amide bonds. The van der Waals surface area contributed by atoms with Crippen molar-refractivity contribution in [1.29, 1.82) is 0 Å². The molecule has 0 spiro atoms. The molecule has 5 N–H and O–H groups in total. The molecule has 0 saturated carbocycles. The summed E-state index contributed by atoms with van der Waals surface area (Å²) >= 11 is 0. The summed E-state index contributed by atoms with van der Waals surface area (Å²) in [4.78, 5) is 84.0. The molecule has 1 saturated heterocycles. The van der Waals surface area contributed by atoms with E-state index in [1.807, 2.05) is 30.3 Å². The molecule has 44 heavy (non-hydrogen) atoms. The van der Waals surface area contributed by atoms with Gasteiger partial charge in [-0.15, -0.1) is 0 Å². The van der Waals surface area contributed by atoms with Gasteiger partial charge in [-0.05, 0) is 43.4 Å². The number of pyridine rings is 1. The standard InChI is InChI=1S/C31H41N7O6/c1-19(2)26-30(43)34-20(3)27(40)36-24(16-21-10-6-5-7-11-21)31(44)38(4)18-25(39)33-15-9-13-23(29(42)37-26)35-28(41)22-12-8-14-32-17-22/h5-8,10-12,14,17,19-20,23-24,26H,9,13,15-16,18H2,1-4H3,(H,33,39)(H,34,43)(H,35,41)(H,36,40)(H,37,42)/t20-,23+,24+,26-/m1/s1. The number of hydrogen-bond donors (Lipinski definition) is 5. The van der Waals surface area contributed by atoms with Crippen LogP contribution in [0.3, 0.4) is 0 Å². The predicted molar refractivity (Wildman–Crippen MR) is 162 cm³/mol. The number of likely N-dealkylation sites (N-methyl/N-ethyl adjacent to an activating group) is 1. The van der Waals surface area contributed by atoms with Crippen molar-refractivity contribution in [3.8, 4) is 0 Å². The largest absolute Gasteiger partial charge is 0.355 e. The van der Waals surface area contributed by atoms with Gasteiger partial charge >= 0.3 is 0 Å². The molecule has 13 heteroatoms. The van der Waals surface area contributed by atoms with Crippen molar-refractivity contribution in [3.05, 3.63) is 66.0 Å². The third-order valence-electron chi connectivity index (χ3n) is 7.19. The maximum Gasteiger partial charge on any atom is 0.253 e. The van der Waals surface area contributed by atoms with Crippen LogP contribution in [0, 0.1) is 5.92 Å². The van der Waals surface area contributed by atoms with Gasteiger partial charge in [-0.25, -0.2) is 0 Å². The summed E-state index contributed by atoms with van der Waals surface area (Å²) in [6.07, 6.45) is 3.53. The Hall–Kier alpha value is -4.81. The van der Waals surface area contributed by atoms with Crippen molar-refractivity contribution in [2.45, 2.75) is 64.2 Å². The molecule has 0 aliphatic carbocycles. The highest BCUT2D eigenvalue weighted by atomic mass is 16.2. The highest BCUT2D eigenvalue weighted by Gasteiger charge is 2.32. The lowest BCUT2D eigenvalue weighted by atomic mass is 10.0. The fourth-order valence-corrected chi connectivity index (χ4v) is 4.66. The Kier molecular flexibility index (Phi) is 12.4. The Labute approximate surface area is 256 Å². The Morgan fingerprint density at radius 1 is 0.977 bits per heavy atom. The van der Waals surface area contributed by atoms with Crippen LogP contribution in [-0.2, 0) is 30.4 Å². The molecule has 1 aromatic heterocycles. The lowest BCUT2D eigenvalue weighted by Gasteiger charge is -2.28. The number of nitrogens with zero attached hydrogens (tertiary/aromatic N) is 2. The Morgan fingerprint density at radius 2 is 1.70 bits per heavy atom. The van der Waals surface area contributed by atoms with Crippen molar-refractivity contribution in [1.82, 2.24) is 36.5 Å². The van der Waals surface area contributed by atoms with Crippen LogP contribution in [0.15, 0.2) is 54.9 Å². The normalized spacial score (nSPS) is 23.0. The van der Waals surface area contributed by atoms with Crippen LogP contribution in [0.2, 0.25) is 0 Å². The van der Waals surface area contributed by atoms with Gasteiger partial charge in [0.25, 0.3) is 5.91 Å². The van der Waals surface area contributed by atoms with Crippen molar-refractivity contribution >= 4 is 35.4 Å². The van der Waals surface area contributed by atoms with E-state index in [1.54, 1.807) is 26.0 Å². The summed E-state index contributed by atoms with van der Waals surface area (Å²) in [7, 11) is 1.47. The number of nitrogens with one attached hydrogen (secondary N) is 5. The SMILES string of the molecule is CC(C)[C@H]1NC(=O)[C@@H](NC(=O)c2cccnc2)CCCNC(=O)CN(C)C(=O)[C@H](Cc2ccccc2)NC(=O)[C@@H](C)NC1=O. The maximum atomic E-state index is 13.4. The van der Waals surface area contributed by atoms with Gasteiger partial charge in [0.1, 0.15) is 24.2 Å². The first-order chi connectivity index (χ1) is 21.0. The lowest BCUT2D eigenvalue weighted by Crippen LogP contribution is -2.59. The minimum atomic E-state index is -1.06. The number of hydrogen-bond acceptors (Lipinski definition) is 7. The van der Waals surface area contributed by atoms with Crippen LogP contribution < -0.4 is 26.6 Å². The van der Waals surface area contributed by atoms with Gasteiger partial charge in [0.05, 0.1) is 12.1 Å². The van der Waals surface area contributed by atoms with Crippen LogP contribution in [-0.4, -0.2) is 89.6 Å². The van der Waals surface area contributed by atoms with E-state index in [-0.39, 0.29) is 37.4 Å². The first-order valence-corrected chi connectivity index (χ1v) is 14.6. The summed E-state index contributed by atoms with van der Waals surface area (Å²) in [5.41, 5.74) is 1.06. The minimum Gasteiger partial charge on any atom is -0.355 e. The Balaban J connectivity index is 1.84. The van der Waals surface area contributed by atoms with Gasteiger partial charge in [-0.1, -0.05) is 44.2 Å². The molecule has 2 heterocycles. The molecule has 1 aliphatic heterocycles. The summed E-state index contributed by atoms with van der Waals surface area (Å²) < 4.78 is 0. The Bertz CT molecular complexity index is 1320. The number of carbonyl (C=O) groups is 6. The smallest absolute Gasteiger partial charge is 0.253 e. The van der Waals surface area contributed by atoms with E-state index in [0.29, 0.717) is 6.42 Å². The zero-order valence-corrected chi connectivity index (χ0v) is 25.5. The molecule has 2 aromatic rings. The molecular weight excluding hydrogens is 566 g/mol. The van der Waals surface area contributed by atoms with E-state index in [0.717, 1.165) is 5.56 Å². The maximum absolute atomic E-state index is 13.4. The lowest BCUT2D eigenvalue weighted by molar-refractivity contribution is -0.139. The summed E-state index contributed by atoms with van der Waals surface area (Å²) in [6.45, 7) is 4.87. The van der Waals surface area contributed by atoms with E-state index in [4.69, 9.17) is 0 Å². The van der Waals surface area contributed by atoms with Gasteiger partial charge < -0.3 is 31.5 Å². The van der Waals surface area contributed by atoms with Gasteiger partial charge in [0, 0.05) is 32.4 Å². The van der Waals surface area contributed by atoms with Crippen LogP contribution in [0.1, 0.15) is 49.5 Å². The number of aromatic nitrogens is 1. The van der Waals surface area contributed by atoms with E-state index in [2.05, 4.69) is 31.6 Å².